The number of hydrogen-bond acceptors (Lipinski definition) is 3. The Morgan fingerprint density at radius 3 is 2.62 bits per heavy atom. The van der Waals surface area contributed by atoms with Crippen LogP contribution in [0.3, 0.4) is 0 Å². The predicted molar refractivity (Wildman–Crippen MR) is 158 cm³/mol. The number of pyridine rings is 1. The number of benzene rings is 2. The number of halogens is 5. The zero-order valence-electron chi connectivity index (χ0n) is 19.9. The molecule has 37 heavy (non-hydrogen) atoms. The fraction of sp³-hybridized carbons (Fsp3) is 0.286. The van der Waals surface area contributed by atoms with E-state index in [0.717, 1.165) is 42.9 Å². The van der Waals surface area contributed by atoms with Crippen molar-refractivity contribution < 1.29 is 9.18 Å². The Hall–Kier alpha value is -1.71. The molecule has 4 nitrogen and oxygen atoms in total. The minimum Gasteiger partial charge on any atom is -0.307 e. The van der Waals surface area contributed by atoms with Crippen molar-refractivity contribution in [2.75, 3.05) is 31.1 Å². The molecule has 0 N–H and O–H groups in total. The molecule has 5 rings (SSSR count). The monoisotopic (exact) mass is 669 g/mol. The van der Waals surface area contributed by atoms with E-state index in [9.17, 15) is 9.18 Å². The molecule has 2 aromatic carbocycles. The zero-order chi connectivity index (χ0) is 26.2. The normalized spacial score (nSPS) is 17.1. The molecule has 1 amide bonds. The third-order valence-corrected chi connectivity index (χ3v) is 8.76. The van der Waals surface area contributed by atoms with Crippen LogP contribution in [-0.4, -0.2) is 42.0 Å². The van der Waals surface area contributed by atoms with Crippen LogP contribution in [-0.2, 0) is 9.84 Å². The molecule has 0 saturated carbocycles. The maximum Gasteiger partial charge on any atom is 0.258 e. The Morgan fingerprint density at radius 1 is 1.11 bits per heavy atom. The summed E-state index contributed by atoms with van der Waals surface area (Å²) < 4.78 is 14.7. The average molecular weight is 671 g/mol. The maximum atomic E-state index is 14.1. The number of anilines is 1. The number of alkyl halides is 1. The third-order valence-electron chi connectivity index (χ3n) is 7.22. The molecule has 2 aliphatic heterocycles. The second-order valence-corrected chi connectivity index (χ2v) is 11.5. The van der Waals surface area contributed by atoms with Gasteiger partial charge in [-0.15, -0.1) is 0 Å². The number of likely N-dealkylation sites (tertiary alicyclic amines) is 1. The summed E-state index contributed by atoms with van der Waals surface area (Å²) in [6, 6.07) is 13.9. The number of aromatic nitrogens is 1. The quantitative estimate of drug-likeness (QED) is 0.158. The molecule has 3 heterocycles. The molecule has 0 bridgehead atoms. The number of carbonyl (C=O) groups excluding carboxylic acids is 1. The first-order valence-electron chi connectivity index (χ1n) is 12.0. The smallest absolute Gasteiger partial charge is 0.258 e. The summed E-state index contributed by atoms with van der Waals surface area (Å²) in [6.45, 7) is 2.99. The van der Waals surface area contributed by atoms with E-state index < -0.39 is 0 Å². The molecule has 0 unspecified atom stereocenters. The van der Waals surface area contributed by atoms with Crippen LogP contribution < -0.4 is 4.90 Å². The van der Waals surface area contributed by atoms with Crippen molar-refractivity contribution in [3.63, 3.8) is 0 Å². The van der Waals surface area contributed by atoms with Crippen molar-refractivity contribution in [1.82, 2.24) is 9.88 Å². The van der Waals surface area contributed by atoms with Crippen molar-refractivity contribution in [3.05, 3.63) is 98.0 Å². The van der Waals surface area contributed by atoms with Gasteiger partial charge in [-0.1, -0.05) is 75.6 Å². The van der Waals surface area contributed by atoms with Crippen molar-refractivity contribution in [2.45, 2.75) is 22.7 Å². The van der Waals surface area contributed by atoms with Gasteiger partial charge in [0.1, 0.15) is 11.0 Å². The number of rotatable bonds is 5. The molecule has 1 saturated heterocycles. The van der Waals surface area contributed by atoms with Crippen molar-refractivity contribution in [2.24, 2.45) is 0 Å². The highest BCUT2D eigenvalue weighted by Crippen LogP contribution is 2.48. The number of hydrogen-bond donors (Lipinski definition) is 0. The van der Waals surface area contributed by atoms with Gasteiger partial charge in [0.2, 0.25) is 0 Å². The molecule has 1 spiro atoms. The minimum atomic E-state index is -0.327. The Balaban J connectivity index is 1.34. The summed E-state index contributed by atoms with van der Waals surface area (Å²) in [5.41, 5.74) is 3.58. The van der Waals surface area contributed by atoms with Crippen LogP contribution in [0.1, 0.15) is 40.0 Å². The average Bonchev–Trinajstić information content (AvgIpc) is 3.19. The summed E-state index contributed by atoms with van der Waals surface area (Å²) in [7, 11) is 0. The van der Waals surface area contributed by atoms with E-state index >= 15 is 0 Å². The summed E-state index contributed by atoms with van der Waals surface area (Å²) in [5.74, 6) is -0.408. The van der Waals surface area contributed by atoms with Gasteiger partial charge in [0.25, 0.3) is 5.91 Å². The first-order chi connectivity index (χ1) is 17.8. The lowest BCUT2D eigenvalue weighted by Crippen LogP contribution is -2.46. The summed E-state index contributed by atoms with van der Waals surface area (Å²) in [4.78, 5) is 22.2. The van der Waals surface area contributed by atoms with Gasteiger partial charge in [0, 0.05) is 44.8 Å². The van der Waals surface area contributed by atoms with E-state index in [1.54, 1.807) is 24.3 Å². The van der Waals surface area contributed by atoms with Gasteiger partial charge in [-0.2, -0.15) is 0 Å². The number of nitrogens with zero attached hydrogens (tertiary/aromatic N) is 3. The molecule has 192 valence electrons. The predicted octanol–water partition coefficient (Wildman–Crippen LogP) is 7.82. The van der Waals surface area contributed by atoms with Crippen LogP contribution in [0.15, 0.2) is 54.6 Å². The Labute approximate surface area is 244 Å². The Morgan fingerprint density at radius 2 is 1.89 bits per heavy atom. The third kappa shape index (κ3) is 5.55. The molecular formula is C28H24Cl3FIN3O. The van der Waals surface area contributed by atoms with Gasteiger partial charge < -0.3 is 4.90 Å². The van der Waals surface area contributed by atoms with Gasteiger partial charge in [0.05, 0.1) is 10.7 Å². The highest BCUT2D eigenvalue weighted by atomic mass is 127. The fourth-order valence-electron chi connectivity index (χ4n) is 5.30. The van der Waals surface area contributed by atoms with Crippen LogP contribution in [0.25, 0.3) is 6.08 Å². The molecule has 1 fully saturated rings. The summed E-state index contributed by atoms with van der Waals surface area (Å²) in [6.07, 6.45) is 5.47. The molecule has 0 atom stereocenters. The summed E-state index contributed by atoms with van der Waals surface area (Å²) in [5, 5.41) is 1.39. The lowest BCUT2D eigenvalue weighted by Gasteiger charge is -2.39. The topological polar surface area (TPSA) is 36.4 Å². The van der Waals surface area contributed by atoms with Gasteiger partial charge in [-0.3, -0.25) is 9.69 Å². The van der Waals surface area contributed by atoms with Crippen LogP contribution in [0.5, 0.6) is 0 Å². The molecule has 9 heteroatoms. The zero-order valence-corrected chi connectivity index (χ0v) is 24.3. The van der Waals surface area contributed by atoms with Crippen LogP contribution in [0, 0.1) is 5.82 Å². The van der Waals surface area contributed by atoms with Crippen LogP contribution in [0.2, 0.25) is 15.2 Å². The van der Waals surface area contributed by atoms with Gasteiger partial charge in [-0.25, -0.2) is 9.37 Å². The minimum absolute atomic E-state index is 0.0806. The fourth-order valence-corrected chi connectivity index (χ4v) is 6.32. The molecule has 0 aliphatic carbocycles. The Bertz CT molecular complexity index is 1350. The molecule has 1 aromatic heterocycles. The number of carbonyl (C=O) groups is 1. The van der Waals surface area contributed by atoms with E-state index in [1.807, 2.05) is 35.2 Å². The molecule has 2 aliphatic rings. The molecule has 3 aromatic rings. The standard InChI is InChI=1S/C28H24Cl3FIN3O/c29-19-6-7-25-22(15-19)28(17-36(25)27(37)18-13-20(16-33)34-26(31)14-18)8-11-35(12-9-28)10-2-3-21-23(30)4-1-5-24(21)32/h1-7,13-15H,8-12,16-17H2/b3-2+. The first-order valence-corrected chi connectivity index (χ1v) is 14.6. The molecular weight excluding hydrogens is 647 g/mol. The lowest BCUT2D eigenvalue weighted by molar-refractivity contribution is 0.0977. The lowest BCUT2D eigenvalue weighted by atomic mass is 9.74. The largest absolute Gasteiger partial charge is 0.307 e. The van der Waals surface area contributed by atoms with Gasteiger partial charge in [0.15, 0.2) is 0 Å². The summed E-state index contributed by atoms with van der Waals surface area (Å²) >= 11 is 21.0. The molecule has 0 radical (unpaired) electrons. The second-order valence-electron chi connectivity index (χ2n) is 9.47. The number of amides is 1. The van der Waals surface area contributed by atoms with E-state index in [-0.39, 0.29) is 17.1 Å². The number of piperidine rings is 1. The second kappa shape index (κ2) is 11.2. The van der Waals surface area contributed by atoms with E-state index in [0.29, 0.717) is 43.8 Å². The van der Waals surface area contributed by atoms with Crippen molar-refractivity contribution in [3.8, 4) is 0 Å². The van der Waals surface area contributed by atoms with E-state index in [4.69, 9.17) is 34.8 Å². The maximum absolute atomic E-state index is 14.1. The van der Waals surface area contributed by atoms with Crippen LogP contribution >= 0.6 is 57.4 Å². The van der Waals surface area contributed by atoms with E-state index in [2.05, 4.69) is 32.5 Å². The van der Waals surface area contributed by atoms with E-state index in [1.165, 1.54) is 6.07 Å². The highest BCUT2D eigenvalue weighted by molar-refractivity contribution is 14.1. The van der Waals surface area contributed by atoms with Crippen molar-refractivity contribution in [1.29, 1.82) is 0 Å². The van der Waals surface area contributed by atoms with Crippen molar-refractivity contribution >= 4 is 75.1 Å². The SMILES string of the molecule is O=C(c1cc(Cl)nc(CI)c1)N1CC2(CCN(C/C=C/c3c(F)cccc3Cl)CC2)c2cc(Cl)ccc21. The van der Waals surface area contributed by atoms with Crippen LogP contribution in [0.4, 0.5) is 10.1 Å². The van der Waals surface area contributed by atoms with Gasteiger partial charge in [-0.05, 0) is 74.0 Å². The first kappa shape index (κ1) is 26.9. The highest BCUT2D eigenvalue weighted by Gasteiger charge is 2.46. The Kier molecular flexibility index (Phi) is 8.13. The van der Waals surface area contributed by atoms with Gasteiger partial charge >= 0.3 is 0 Å². The number of fused-ring (bicyclic) bond motifs is 2.